The summed E-state index contributed by atoms with van der Waals surface area (Å²) in [6, 6.07) is 7.69. The molecular formula is C15H20N6O. The molecule has 22 heavy (non-hydrogen) atoms. The van der Waals surface area contributed by atoms with Crippen LogP contribution in [0.4, 0.5) is 0 Å². The molecule has 116 valence electrons. The summed E-state index contributed by atoms with van der Waals surface area (Å²) in [5.41, 5.74) is 7.72. The maximum absolute atomic E-state index is 12.4. The van der Waals surface area contributed by atoms with E-state index in [4.69, 9.17) is 5.73 Å². The fourth-order valence-corrected chi connectivity index (χ4v) is 2.74. The largest absolute Gasteiger partial charge is 0.342 e. The van der Waals surface area contributed by atoms with Crippen molar-refractivity contribution in [3.63, 3.8) is 0 Å². The fraction of sp³-hybridized carbons (Fsp3) is 0.467. The van der Waals surface area contributed by atoms with E-state index in [2.05, 4.69) is 22.4 Å². The smallest absolute Gasteiger partial charge is 0.227 e. The Kier molecular flexibility index (Phi) is 3.89. The molecule has 0 spiro atoms. The molecule has 2 N–H and O–H groups in total. The molecule has 3 rings (SSSR count). The molecule has 0 radical (unpaired) electrons. The molecule has 1 unspecified atom stereocenters. The summed E-state index contributed by atoms with van der Waals surface area (Å²) in [6.45, 7) is 4.32. The highest BCUT2D eigenvalue weighted by Gasteiger charge is 2.34. The first-order valence-corrected chi connectivity index (χ1v) is 7.40. The molecule has 1 aromatic carbocycles. The molecule has 1 saturated heterocycles. The number of nitrogens with two attached hydrogens (primary N) is 1. The summed E-state index contributed by atoms with van der Waals surface area (Å²) in [7, 11) is 0. The van der Waals surface area contributed by atoms with E-state index in [0.717, 1.165) is 30.8 Å². The Morgan fingerprint density at radius 2 is 2.14 bits per heavy atom. The van der Waals surface area contributed by atoms with Gasteiger partial charge in [-0.25, -0.2) is 4.68 Å². The lowest BCUT2D eigenvalue weighted by molar-refractivity contribution is -0.129. The zero-order chi connectivity index (χ0) is 15.6. The molecule has 0 saturated carbocycles. The molecule has 1 fully saturated rings. The summed E-state index contributed by atoms with van der Waals surface area (Å²) >= 11 is 0. The van der Waals surface area contributed by atoms with Crippen LogP contribution in [0, 0.1) is 5.41 Å². The van der Waals surface area contributed by atoms with Gasteiger partial charge in [0, 0.05) is 13.1 Å². The summed E-state index contributed by atoms with van der Waals surface area (Å²) in [5.74, 6) is 0.160. The van der Waals surface area contributed by atoms with E-state index in [1.54, 1.807) is 4.68 Å². The number of carbonyl (C=O) groups is 1. The lowest BCUT2D eigenvalue weighted by Gasteiger charge is -2.22. The minimum Gasteiger partial charge on any atom is -0.342 e. The fourth-order valence-electron chi connectivity index (χ4n) is 2.74. The van der Waals surface area contributed by atoms with E-state index >= 15 is 0 Å². The lowest BCUT2D eigenvalue weighted by Crippen LogP contribution is -2.35. The van der Waals surface area contributed by atoms with Gasteiger partial charge in [-0.15, -0.1) is 5.10 Å². The van der Waals surface area contributed by atoms with Gasteiger partial charge >= 0.3 is 0 Å². The summed E-state index contributed by atoms with van der Waals surface area (Å²) in [5, 5.41) is 11.0. The molecule has 1 aliphatic rings. The SMILES string of the molecule is CC1(CN)CCN(C(=O)Cc2ccc(-n3cnnn3)cc2)C1. The van der Waals surface area contributed by atoms with Gasteiger partial charge in [0.15, 0.2) is 0 Å². The van der Waals surface area contributed by atoms with Gasteiger partial charge in [0.1, 0.15) is 6.33 Å². The first-order chi connectivity index (χ1) is 10.6. The van der Waals surface area contributed by atoms with Crippen molar-refractivity contribution in [1.29, 1.82) is 0 Å². The van der Waals surface area contributed by atoms with Crippen LogP contribution in [0.2, 0.25) is 0 Å². The highest BCUT2D eigenvalue weighted by atomic mass is 16.2. The molecule has 2 heterocycles. The van der Waals surface area contributed by atoms with E-state index < -0.39 is 0 Å². The number of aromatic nitrogens is 4. The maximum Gasteiger partial charge on any atom is 0.227 e. The molecule has 0 bridgehead atoms. The summed E-state index contributed by atoms with van der Waals surface area (Å²) in [4.78, 5) is 14.3. The highest BCUT2D eigenvalue weighted by molar-refractivity contribution is 5.79. The van der Waals surface area contributed by atoms with Crippen LogP contribution in [-0.4, -0.2) is 50.6 Å². The monoisotopic (exact) mass is 300 g/mol. The van der Waals surface area contributed by atoms with Crippen molar-refractivity contribution in [3.8, 4) is 5.69 Å². The van der Waals surface area contributed by atoms with E-state index in [9.17, 15) is 4.79 Å². The predicted octanol–water partition coefficient (Wildman–Crippen LogP) is 0.402. The molecule has 7 heteroatoms. The van der Waals surface area contributed by atoms with Crippen LogP contribution in [-0.2, 0) is 11.2 Å². The van der Waals surface area contributed by atoms with Crippen molar-refractivity contribution >= 4 is 5.91 Å². The van der Waals surface area contributed by atoms with Crippen LogP contribution in [0.15, 0.2) is 30.6 Å². The standard InChI is InChI=1S/C15H20N6O/c1-15(9-16)6-7-20(10-15)14(22)8-12-2-4-13(5-3-12)21-11-17-18-19-21/h2-5,11H,6-10,16H2,1H3. The second kappa shape index (κ2) is 5.84. The molecule has 2 aromatic rings. The molecular weight excluding hydrogens is 280 g/mol. The number of carbonyl (C=O) groups excluding carboxylic acids is 1. The van der Waals surface area contributed by atoms with Crippen molar-refractivity contribution in [3.05, 3.63) is 36.2 Å². The van der Waals surface area contributed by atoms with Gasteiger partial charge in [-0.05, 0) is 46.5 Å². The van der Waals surface area contributed by atoms with E-state index in [0.29, 0.717) is 13.0 Å². The second-order valence-corrected chi connectivity index (χ2v) is 6.18. The Hall–Kier alpha value is -2.28. The van der Waals surface area contributed by atoms with E-state index in [1.807, 2.05) is 29.2 Å². The molecule has 0 aliphatic carbocycles. The van der Waals surface area contributed by atoms with Crippen LogP contribution in [0.3, 0.4) is 0 Å². The third-order valence-corrected chi connectivity index (χ3v) is 4.31. The molecule has 1 aliphatic heterocycles. The van der Waals surface area contributed by atoms with Crippen molar-refractivity contribution in [2.24, 2.45) is 11.1 Å². The molecule has 1 aromatic heterocycles. The van der Waals surface area contributed by atoms with Gasteiger partial charge in [-0.2, -0.15) is 0 Å². The van der Waals surface area contributed by atoms with Gasteiger partial charge < -0.3 is 10.6 Å². The molecule has 1 atom stereocenters. The zero-order valence-electron chi connectivity index (χ0n) is 12.6. The predicted molar refractivity (Wildman–Crippen MR) is 81.2 cm³/mol. The minimum atomic E-state index is 0.0691. The van der Waals surface area contributed by atoms with E-state index in [1.165, 1.54) is 6.33 Å². The summed E-state index contributed by atoms with van der Waals surface area (Å²) in [6.07, 6.45) is 2.93. The number of hydrogen-bond acceptors (Lipinski definition) is 5. The summed E-state index contributed by atoms with van der Waals surface area (Å²) < 4.78 is 1.58. The second-order valence-electron chi connectivity index (χ2n) is 6.18. The Balaban J connectivity index is 1.63. The third kappa shape index (κ3) is 2.99. The zero-order valence-corrected chi connectivity index (χ0v) is 12.6. The van der Waals surface area contributed by atoms with Crippen molar-refractivity contribution < 1.29 is 4.79 Å². The number of hydrogen-bond donors (Lipinski definition) is 1. The van der Waals surface area contributed by atoms with Gasteiger partial charge in [0.25, 0.3) is 0 Å². The Bertz CT molecular complexity index is 639. The third-order valence-electron chi connectivity index (χ3n) is 4.31. The van der Waals surface area contributed by atoms with Gasteiger partial charge in [-0.1, -0.05) is 19.1 Å². The van der Waals surface area contributed by atoms with Crippen LogP contribution in [0.1, 0.15) is 18.9 Å². The highest BCUT2D eigenvalue weighted by Crippen LogP contribution is 2.28. The Morgan fingerprint density at radius 3 is 2.73 bits per heavy atom. The normalized spacial score (nSPS) is 21.3. The lowest BCUT2D eigenvalue weighted by atomic mass is 9.90. The minimum absolute atomic E-state index is 0.0691. The maximum atomic E-state index is 12.4. The Morgan fingerprint density at radius 1 is 1.36 bits per heavy atom. The average Bonchev–Trinajstić information content (AvgIpc) is 3.18. The first-order valence-electron chi connectivity index (χ1n) is 7.40. The van der Waals surface area contributed by atoms with Crippen LogP contribution in [0.5, 0.6) is 0 Å². The average molecular weight is 300 g/mol. The van der Waals surface area contributed by atoms with Crippen LogP contribution in [0.25, 0.3) is 5.69 Å². The number of likely N-dealkylation sites (tertiary alicyclic amines) is 1. The molecule has 1 amide bonds. The van der Waals surface area contributed by atoms with E-state index in [-0.39, 0.29) is 11.3 Å². The van der Waals surface area contributed by atoms with Crippen molar-refractivity contribution in [2.45, 2.75) is 19.8 Å². The quantitative estimate of drug-likeness (QED) is 0.883. The van der Waals surface area contributed by atoms with Gasteiger partial charge in [0.05, 0.1) is 12.1 Å². The van der Waals surface area contributed by atoms with Crippen molar-refractivity contribution in [2.75, 3.05) is 19.6 Å². The number of benzene rings is 1. The van der Waals surface area contributed by atoms with Gasteiger partial charge in [-0.3, -0.25) is 4.79 Å². The molecule has 7 nitrogen and oxygen atoms in total. The van der Waals surface area contributed by atoms with Gasteiger partial charge in [0.2, 0.25) is 5.91 Å². The van der Waals surface area contributed by atoms with Crippen LogP contribution < -0.4 is 5.73 Å². The number of tetrazole rings is 1. The first kappa shape index (κ1) is 14.6. The van der Waals surface area contributed by atoms with Crippen molar-refractivity contribution in [1.82, 2.24) is 25.1 Å². The Labute approximate surface area is 129 Å². The number of rotatable bonds is 4. The number of amides is 1. The number of nitrogens with zero attached hydrogens (tertiary/aromatic N) is 5. The topological polar surface area (TPSA) is 89.9 Å². The van der Waals surface area contributed by atoms with Crippen LogP contribution >= 0.6 is 0 Å².